The van der Waals surface area contributed by atoms with E-state index in [2.05, 4.69) is 44.5 Å². The van der Waals surface area contributed by atoms with Crippen molar-refractivity contribution in [2.24, 2.45) is 0 Å². The summed E-state index contributed by atoms with van der Waals surface area (Å²) in [5, 5.41) is 1.88. The number of hydrogen-bond donors (Lipinski definition) is 1. The lowest BCUT2D eigenvalue weighted by Crippen LogP contribution is -2.37. The van der Waals surface area contributed by atoms with Gasteiger partial charge < -0.3 is 9.47 Å². The Hall–Kier alpha value is -3.69. The molecule has 5 rings (SSSR count). The molecule has 0 bridgehead atoms. The monoisotopic (exact) mass is 488 g/mol. The van der Waals surface area contributed by atoms with Crippen molar-refractivity contribution >= 4 is 29.0 Å². The number of carbonyl (C=O) groups excluding carboxylic acids is 2. The van der Waals surface area contributed by atoms with Gasteiger partial charge in [0.15, 0.2) is 0 Å². The smallest absolute Gasteiger partial charge is 0.290 e. The number of ether oxygens (including phenoxy) is 2. The van der Waals surface area contributed by atoms with E-state index in [0.29, 0.717) is 22.4 Å². The van der Waals surface area contributed by atoms with Crippen LogP contribution in [0.1, 0.15) is 24.0 Å². The Balaban J connectivity index is 1.17. The standard InChI is InChI=1S/C26H24N4O4S/c31-25-22(35-26(32)29-25)14-19-7-4-8-21(13-19)34-24-15-23(27-17-28-24)33-20-9-11-30(12-10-20)16-18-5-2-1-3-6-18/h1-8,13-15,17,20H,9-12,16H2,(H,29,31,32)/b22-14+. The third-order valence-corrected chi connectivity index (χ3v) is 6.52. The molecule has 0 saturated carbocycles. The van der Waals surface area contributed by atoms with Gasteiger partial charge in [-0.2, -0.15) is 0 Å². The first-order valence-corrected chi connectivity index (χ1v) is 12.2. The van der Waals surface area contributed by atoms with Crippen LogP contribution in [0.5, 0.6) is 17.5 Å². The normalized spacial score (nSPS) is 18.0. The molecule has 178 valence electrons. The van der Waals surface area contributed by atoms with Gasteiger partial charge in [-0.25, -0.2) is 9.97 Å². The number of carbonyl (C=O) groups is 2. The summed E-state index contributed by atoms with van der Waals surface area (Å²) in [5.41, 5.74) is 2.06. The summed E-state index contributed by atoms with van der Waals surface area (Å²) in [6.07, 6.45) is 5.02. The molecule has 3 heterocycles. The van der Waals surface area contributed by atoms with Crippen LogP contribution in [-0.2, 0) is 11.3 Å². The highest BCUT2D eigenvalue weighted by molar-refractivity contribution is 8.18. The summed E-state index contributed by atoms with van der Waals surface area (Å²) in [4.78, 5) is 34.4. The summed E-state index contributed by atoms with van der Waals surface area (Å²) in [5.74, 6) is 1.000. The fourth-order valence-electron chi connectivity index (χ4n) is 4.00. The average molecular weight is 489 g/mol. The number of nitrogens with one attached hydrogen (secondary N) is 1. The van der Waals surface area contributed by atoms with Gasteiger partial charge >= 0.3 is 0 Å². The van der Waals surface area contributed by atoms with E-state index in [-0.39, 0.29) is 11.3 Å². The van der Waals surface area contributed by atoms with Crippen LogP contribution >= 0.6 is 11.8 Å². The topological polar surface area (TPSA) is 93.7 Å². The molecule has 2 aromatic carbocycles. The van der Waals surface area contributed by atoms with Gasteiger partial charge in [0.05, 0.1) is 11.0 Å². The second-order valence-corrected chi connectivity index (χ2v) is 9.31. The quantitative estimate of drug-likeness (QED) is 0.481. The minimum absolute atomic E-state index is 0.0949. The molecule has 2 fully saturated rings. The zero-order valence-corrected chi connectivity index (χ0v) is 19.7. The van der Waals surface area contributed by atoms with Crippen LogP contribution in [0.25, 0.3) is 6.08 Å². The predicted molar refractivity (Wildman–Crippen MR) is 133 cm³/mol. The van der Waals surface area contributed by atoms with Crippen molar-refractivity contribution in [3.8, 4) is 17.5 Å². The van der Waals surface area contributed by atoms with Gasteiger partial charge in [0.1, 0.15) is 18.2 Å². The molecule has 0 unspecified atom stereocenters. The van der Waals surface area contributed by atoms with Crippen LogP contribution < -0.4 is 14.8 Å². The van der Waals surface area contributed by atoms with Crippen molar-refractivity contribution in [1.82, 2.24) is 20.2 Å². The molecule has 9 heteroatoms. The summed E-state index contributed by atoms with van der Waals surface area (Å²) >= 11 is 0.878. The number of hydrogen-bond acceptors (Lipinski definition) is 8. The lowest BCUT2D eigenvalue weighted by Gasteiger charge is -2.31. The third-order valence-electron chi connectivity index (χ3n) is 5.71. The van der Waals surface area contributed by atoms with Crippen LogP contribution in [0.3, 0.4) is 0 Å². The van der Waals surface area contributed by atoms with E-state index in [9.17, 15) is 9.59 Å². The molecule has 2 amide bonds. The largest absolute Gasteiger partial charge is 0.474 e. The third kappa shape index (κ3) is 6.26. The van der Waals surface area contributed by atoms with Crippen molar-refractivity contribution in [3.63, 3.8) is 0 Å². The molecule has 35 heavy (non-hydrogen) atoms. The first-order valence-electron chi connectivity index (χ1n) is 11.4. The minimum atomic E-state index is -0.394. The first-order chi connectivity index (χ1) is 17.1. The number of piperidine rings is 1. The van der Waals surface area contributed by atoms with E-state index < -0.39 is 5.91 Å². The molecule has 2 saturated heterocycles. The van der Waals surface area contributed by atoms with Crippen molar-refractivity contribution in [1.29, 1.82) is 0 Å². The average Bonchev–Trinajstić information content (AvgIpc) is 3.18. The Morgan fingerprint density at radius 3 is 2.57 bits per heavy atom. The molecule has 0 aliphatic carbocycles. The molecule has 1 aromatic heterocycles. The highest BCUT2D eigenvalue weighted by Crippen LogP contribution is 2.28. The number of amides is 2. The van der Waals surface area contributed by atoms with Crippen molar-refractivity contribution < 1.29 is 19.1 Å². The Morgan fingerprint density at radius 2 is 1.80 bits per heavy atom. The van der Waals surface area contributed by atoms with Crippen LogP contribution in [0.15, 0.2) is 71.9 Å². The molecule has 3 aromatic rings. The van der Waals surface area contributed by atoms with E-state index in [0.717, 1.165) is 49.8 Å². The number of imide groups is 1. The highest BCUT2D eigenvalue weighted by atomic mass is 32.2. The molecule has 0 radical (unpaired) electrons. The number of nitrogens with zero attached hydrogens (tertiary/aromatic N) is 3. The van der Waals surface area contributed by atoms with Gasteiger partial charge in [0.2, 0.25) is 11.8 Å². The van der Waals surface area contributed by atoms with Gasteiger partial charge in [-0.05, 0) is 53.9 Å². The molecule has 2 aliphatic rings. The van der Waals surface area contributed by atoms with Crippen molar-refractivity contribution in [2.45, 2.75) is 25.5 Å². The zero-order chi connectivity index (χ0) is 24.0. The first kappa shape index (κ1) is 23.1. The van der Waals surface area contributed by atoms with E-state index in [4.69, 9.17) is 9.47 Å². The lowest BCUT2D eigenvalue weighted by atomic mass is 10.1. The van der Waals surface area contributed by atoms with E-state index in [1.807, 2.05) is 18.2 Å². The van der Waals surface area contributed by atoms with Crippen LogP contribution in [0.4, 0.5) is 4.79 Å². The number of thioether (sulfide) groups is 1. The second kappa shape index (κ2) is 10.7. The van der Waals surface area contributed by atoms with E-state index >= 15 is 0 Å². The van der Waals surface area contributed by atoms with Crippen LogP contribution in [-0.4, -0.2) is 45.2 Å². The van der Waals surface area contributed by atoms with E-state index in [1.165, 1.54) is 11.9 Å². The number of benzene rings is 2. The molecule has 0 spiro atoms. The fraction of sp³-hybridized carbons (Fsp3) is 0.231. The summed E-state index contributed by atoms with van der Waals surface area (Å²) in [7, 11) is 0. The van der Waals surface area contributed by atoms with Gasteiger partial charge in [-0.15, -0.1) is 0 Å². The summed E-state index contributed by atoms with van der Waals surface area (Å²) in [6, 6.07) is 19.4. The maximum Gasteiger partial charge on any atom is 0.290 e. The number of likely N-dealkylation sites (tertiary alicyclic amines) is 1. The lowest BCUT2D eigenvalue weighted by molar-refractivity contribution is -0.115. The summed E-state index contributed by atoms with van der Waals surface area (Å²) in [6.45, 7) is 2.89. The predicted octanol–water partition coefficient (Wildman–Crippen LogP) is 4.64. The van der Waals surface area contributed by atoms with Gasteiger partial charge in [0, 0.05) is 19.6 Å². The Bertz CT molecular complexity index is 1240. The molecule has 1 N–H and O–H groups in total. The van der Waals surface area contributed by atoms with Gasteiger partial charge in [0.25, 0.3) is 11.1 Å². The van der Waals surface area contributed by atoms with Gasteiger partial charge in [-0.3, -0.25) is 19.8 Å². The fourth-order valence-corrected chi connectivity index (χ4v) is 4.68. The maximum atomic E-state index is 11.8. The Morgan fingerprint density at radius 1 is 1.00 bits per heavy atom. The van der Waals surface area contributed by atoms with Crippen LogP contribution in [0, 0.1) is 0 Å². The second-order valence-electron chi connectivity index (χ2n) is 8.30. The number of rotatable bonds is 7. The Kier molecular flexibility index (Phi) is 7.06. The van der Waals surface area contributed by atoms with Crippen LogP contribution in [0.2, 0.25) is 0 Å². The highest BCUT2D eigenvalue weighted by Gasteiger charge is 2.25. The molecule has 0 atom stereocenters. The zero-order valence-electron chi connectivity index (χ0n) is 18.9. The molecule has 2 aliphatic heterocycles. The summed E-state index contributed by atoms with van der Waals surface area (Å²) < 4.78 is 12.0. The van der Waals surface area contributed by atoms with Crippen molar-refractivity contribution in [2.75, 3.05) is 13.1 Å². The molecular formula is C26H24N4O4S. The Labute approximate surface area is 207 Å². The van der Waals surface area contributed by atoms with Crippen molar-refractivity contribution in [3.05, 3.63) is 83.0 Å². The number of aromatic nitrogens is 2. The van der Waals surface area contributed by atoms with E-state index in [1.54, 1.807) is 24.3 Å². The SMILES string of the molecule is O=C1NC(=O)/C(=C\c2cccc(Oc3cc(OC4CCN(Cc5ccccc5)CC4)ncn3)c2)S1. The minimum Gasteiger partial charge on any atom is -0.474 e. The maximum absolute atomic E-state index is 11.8. The molecule has 8 nitrogen and oxygen atoms in total. The molecular weight excluding hydrogens is 464 g/mol. The van der Waals surface area contributed by atoms with Gasteiger partial charge in [-0.1, -0.05) is 42.5 Å².